The number of hydrogen-bond acceptors (Lipinski definition) is 5. The molecule has 0 aliphatic rings. The van der Waals surface area contributed by atoms with Crippen LogP contribution in [0.1, 0.15) is 10.4 Å². The van der Waals surface area contributed by atoms with E-state index in [0.29, 0.717) is 6.07 Å². The summed E-state index contributed by atoms with van der Waals surface area (Å²) in [5, 5.41) is 12.5. The van der Waals surface area contributed by atoms with Gasteiger partial charge in [0.1, 0.15) is 5.56 Å². The summed E-state index contributed by atoms with van der Waals surface area (Å²) in [4.78, 5) is 21.2. The highest BCUT2D eigenvalue weighted by Crippen LogP contribution is 2.25. The molecular formula is C9H9F3N4O3. The van der Waals surface area contributed by atoms with Crippen molar-refractivity contribution < 1.29 is 22.9 Å². The number of hydrazine groups is 1. The van der Waals surface area contributed by atoms with Gasteiger partial charge < -0.3 is 10.7 Å². The van der Waals surface area contributed by atoms with Crippen molar-refractivity contribution >= 4 is 17.3 Å². The van der Waals surface area contributed by atoms with Gasteiger partial charge >= 0.3 is 0 Å². The highest BCUT2D eigenvalue weighted by Gasteiger charge is 2.23. The first-order chi connectivity index (χ1) is 8.86. The number of nitrogens with two attached hydrogens (primary N) is 1. The Kier molecular flexibility index (Phi) is 4.64. The van der Waals surface area contributed by atoms with Crippen molar-refractivity contribution in [3.05, 3.63) is 33.6 Å². The zero-order chi connectivity index (χ0) is 14.6. The summed E-state index contributed by atoms with van der Waals surface area (Å²) in [5.41, 5.74) is 0.114. The smallest absolute Gasteiger partial charge is 0.285 e. The van der Waals surface area contributed by atoms with Crippen molar-refractivity contribution in [1.82, 2.24) is 5.32 Å². The van der Waals surface area contributed by atoms with Crippen LogP contribution < -0.4 is 16.6 Å². The van der Waals surface area contributed by atoms with Crippen LogP contribution in [-0.2, 0) is 0 Å². The quantitative estimate of drug-likeness (QED) is 0.423. The van der Waals surface area contributed by atoms with E-state index in [2.05, 4.69) is 0 Å². The largest absolute Gasteiger partial charge is 0.346 e. The summed E-state index contributed by atoms with van der Waals surface area (Å²) in [6.07, 6.45) is -2.81. The summed E-state index contributed by atoms with van der Waals surface area (Å²) in [6.45, 7) is -0.973. The van der Waals surface area contributed by atoms with Crippen LogP contribution in [0.5, 0.6) is 0 Å². The molecule has 0 saturated heterocycles. The number of anilines is 1. The maximum absolute atomic E-state index is 13.3. The summed E-state index contributed by atoms with van der Waals surface area (Å²) in [5.74, 6) is 2.79. The number of nitro groups is 1. The van der Waals surface area contributed by atoms with Gasteiger partial charge in [-0.1, -0.05) is 0 Å². The Morgan fingerprint density at radius 1 is 1.47 bits per heavy atom. The minimum Gasteiger partial charge on any atom is -0.346 e. The number of carbonyl (C=O) groups excluding carboxylic acids is 1. The second-order valence-corrected chi connectivity index (χ2v) is 3.35. The number of carbonyl (C=O) groups is 1. The molecule has 0 radical (unpaired) electrons. The molecule has 0 aromatic heterocycles. The Morgan fingerprint density at radius 3 is 2.58 bits per heavy atom. The maximum atomic E-state index is 13.3. The Hall–Kier alpha value is -2.36. The summed E-state index contributed by atoms with van der Waals surface area (Å²) in [6, 6.07) is 1.25. The van der Waals surface area contributed by atoms with Crippen LogP contribution in [0.25, 0.3) is 0 Å². The van der Waals surface area contributed by atoms with E-state index in [1.54, 1.807) is 5.32 Å². The van der Waals surface area contributed by atoms with Gasteiger partial charge in [-0.25, -0.2) is 13.2 Å². The minimum absolute atomic E-state index is 0.368. The van der Waals surface area contributed by atoms with Crippen molar-refractivity contribution in [3.8, 4) is 0 Å². The molecule has 0 heterocycles. The summed E-state index contributed by atoms with van der Waals surface area (Å²) in [7, 11) is 0. The van der Waals surface area contributed by atoms with Gasteiger partial charge in [-0.2, -0.15) is 0 Å². The van der Waals surface area contributed by atoms with E-state index >= 15 is 0 Å². The first-order valence-electron chi connectivity index (χ1n) is 4.87. The summed E-state index contributed by atoms with van der Waals surface area (Å²) < 4.78 is 37.1. The zero-order valence-corrected chi connectivity index (χ0v) is 9.32. The average Bonchev–Trinajstić information content (AvgIpc) is 2.35. The molecule has 0 aliphatic heterocycles. The number of nitrogen functional groups attached to an aromatic ring is 1. The van der Waals surface area contributed by atoms with Gasteiger partial charge in [0, 0.05) is 0 Å². The number of alkyl halides is 2. The van der Waals surface area contributed by atoms with Crippen molar-refractivity contribution in [3.63, 3.8) is 0 Å². The van der Waals surface area contributed by atoms with E-state index in [4.69, 9.17) is 5.84 Å². The van der Waals surface area contributed by atoms with Gasteiger partial charge in [0.05, 0.1) is 23.2 Å². The highest BCUT2D eigenvalue weighted by molar-refractivity contribution is 5.99. The molecule has 0 saturated carbocycles. The third kappa shape index (κ3) is 3.55. The van der Waals surface area contributed by atoms with E-state index in [9.17, 15) is 28.1 Å². The van der Waals surface area contributed by atoms with Crippen LogP contribution >= 0.6 is 0 Å². The Morgan fingerprint density at radius 2 is 2.11 bits per heavy atom. The lowest BCUT2D eigenvalue weighted by Gasteiger charge is -2.08. The molecule has 104 valence electrons. The molecule has 1 aromatic carbocycles. The van der Waals surface area contributed by atoms with Crippen LogP contribution in [0.2, 0.25) is 0 Å². The number of nitro benzene ring substituents is 1. The molecule has 7 nitrogen and oxygen atoms in total. The molecule has 4 N–H and O–H groups in total. The summed E-state index contributed by atoms with van der Waals surface area (Å²) >= 11 is 0. The maximum Gasteiger partial charge on any atom is 0.285 e. The van der Waals surface area contributed by atoms with E-state index in [0.717, 1.165) is 6.07 Å². The zero-order valence-electron chi connectivity index (χ0n) is 9.32. The topological polar surface area (TPSA) is 110 Å². The van der Waals surface area contributed by atoms with Crippen molar-refractivity contribution in [2.75, 3.05) is 12.0 Å². The standard InChI is InChI=1S/C9H9F3N4O3/c10-5-2-7(16(18)19)4(1-6(5)15-13)9(17)14-3-8(11)12/h1-2,8,15H,3,13H2,(H,14,17). The van der Waals surface area contributed by atoms with E-state index < -0.39 is 40.9 Å². The van der Waals surface area contributed by atoms with Crippen LogP contribution in [0.4, 0.5) is 24.5 Å². The molecule has 1 rings (SSSR count). The lowest BCUT2D eigenvalue weighted by molar-refractivity contribution is -0.385. The van der Waals surface area contributed by atoms with Crippen LogP contribution in [-0.4, -0.2) is 23.8 Å². The Bertz CT molecular complexity index is 510. The normalized spacial score (nSPS) is 10.4. The third-order valence-corrected chi connectivity index (χ3v) is 2.10. The van der Waals surface area contributed by atoms with Crippen molar-refractivity contribution in [2.24, 2.45) is 5.84 Å². The molecule has 19 heavy (non-hydrogen) atoms. The molecule has 10 heteroatoms. The van der Waals surface area contributed by atoms with Gasteiger partial charge in [0.2, 0.25) is 0 Å². The molecule has 0 fully saturated rings. The molecular weight excluding hydrogens is 269 g/mol. The lowest BCUT2D eigenvalue weighted by atomic mass is 10.1. The Balaban J connectivity index is 3.16. The van der Waals surface area contributed by atoms with E-state index in [1.165, 1.54) is 0 Å². The van der Waals surface area contributed by atoms with Gasteiger partial charge in [-0.05, 0) is 6.07 Å². The molecule has 0 unspecified atom stereocenters. The number of benzene rings is 1. The lowest BCUT2D eigenvalue weighted by Crippen LogP contribution is -2.29. The van der Waals surface area contributed by atoms with Crippen LogP contribution in [0.3, 0.4) is 0 Å². The molecule has 0 atom stereocenters. The van der Waals surface area contributed by atoms with Crippen molar-refractivity contribution in [2.45, 2.75) is 6.43 Å². The second kappa shape index (κ2) is 6.00. The fraction of sp³-hybridized carbons (Fsp3) is 0.222. The molecule has 0 spiro atoms. The number of hydrogen-bond donors (Lipinski definition) is 3. The number of rotatable bonds is 5. The van der Waals surface area contributed by atoms with Gasteiger partial charge in [-0.3, -0.25) is 20.8 Å². The second-order valence-electron chi connectivity index (χ2n) is 3.35. The Labute approximate surface area is 104 Å². The van der Waals surface area contributed by atoms with Crippen LogP contribution in [0.15, 0.2) is 12.1 Å². The number of nitrogens with one attached hydrogen (secondary N) is 2. The predicted octanol–water partition coefficient (Wildman–Crippen LogP) is 1.01. The molecule has 1 aromatic rings. The number of halogens is 3. The third-order valence-electron chi connectivity index (χ3n) is 2.10. The van der Waals surface area contributed by atoms with Gasteiger partial charge in [0.15, 0.2) is 5.82 Å². The first kappa shape index (κ1) is 14.7. The fourth-order valence-electron chi connectivity index (χ4n) is 1.27. The molecule has 0 bridgehead atoms. The fourth-order valence-corrected chi connectivity index (χ4v) is 1.27. The minimum atomic E-state index is -2.81. The average molecular weight is 278 g/mol. The number of amides is 1. The predicted molar refractivity (Wildman–Crippen MR) is 59.2 cm³/mol. The van der Waals surface area contributed by atoms with Gasteiger partial charge in [0.25, 0.3) is 18.0 Å². The number of nitrogens with zero attached hydrogens (tertiary/aromatic N) is 1. The highest BCUT2D eigenvalue weighted by atomic mass is 19.3. The monoisotopic (exact) mass is 278 g/mol. The SMILES string of the molecule is NNc1cc(C(=O)NCC(F)F)c([N+](=O)[O-])cc1F. The molecule has 1 amide bonds. The first-order valence-corrected chi connectivity index (χ1v) is 4.87. The van der Waals surface area contributed by atoms with Crippen molar-refractivity contribution in [1.29, 1.82) is 0 Å². The van der Waals surface area contributed by atoms with E-state index in [-0.39, 0.29) is 5.69 Å². The van der Waals surface area contributed by atoms with Gasteiger partial charge in [-0.15, -0.1) is 0 Å². The van der Waals surface area contributed by atoms with Crippen LogP contribution in [0, 0.1) is 15.9 Å². The molecule has 0 aliphatic carbocycles. The van der Waals surface area contributed by atoms with E-state index in [1.807, 2.05) is 5.43 Å².